The van der Waals surface area contributed by atoms with Gasteiger partial charge in [-0.25, -0.2) is 9.78 Å². The number of hydrogen-bond acceptors (Lipinski definition) is 3. The molecule has 0 saturated heterocycles. The van der Waals surface area contributed by atoms with Crippen LogP contribution in [-0.2, 0) is 10.3 Å². The molecule has 1 aromatic rings. The highest BCUT2D eigenvalue weighted by atomic mass is 16.6. The molecule has 0 aliphatic carbocycles. The summed E-state index contributed by atoms with van der Waals surface area (Å²) in [6.07, 6.45) is 3.14. The number of carbonyl (C=O) groups is 1. The third-order valence-corrected chi connectivity index (χ3v) is 2.57. The van der Waals surface area contributed by atoms with E-state index < -0.39 is 11.7 Å². The molecule has 0 bridgehead atoms. The van der Waals surface area contributed by atoms with Gasteiger partial charge < -0.3 is 14.6 Å². The normalized spacial score (nSPS) is 14.1. The van der Waals surface area contributed by atoms with Crippen LogP contribution in [0.15, 0.2) is 12.5 Å². The third-order valence-electron chi connectivity index (χ3n) is 2.57. The van der Waals surface area contributed by atoms with Crippen LogP contribution in [0.5, 0.6) is 0 Å². The van der Waals surface area contributed by atoms with Crippen LogP contribution >= 0.6 is 0 Å². The Morgan fingerprint density at radius 1 is 1.32 bits per heavy atom. The fourth-order valence-electron chi connectivity index (χ4n) is 1.74. The molecule has 0 aliphatic rings. The topological polar surface area (TPSA) is 56.1 Å². The van der Waals surface area contributed by atoms with E-state index >= 15 is 0 Å². The monoisotopic (exact) mass is 267 g/mol. The molecule has 1 heterocycles. The first kappa shape index (κ1) is 15.5. The lowest BCUT2D eigenvalue weighted by Gasteiger charge is -2.27. The van der Waals surface area contributed by atoms with E-state index in [1.54, 1.807) is 12.5 Å². The van der Waals surface area contributed by atoms with E-state index in [9.17, 15) is 4.79 Å². The molecule has 19 heavy (non-hydrogen) atoms. The maximum Gasteiger partial charge on any atom is 0.408 e. The van der Waals surface area contributed by atoms with E-state index in [1.807, 2.05) is 27.7 Å². The molecule has 0 aromatic carbocycles. The maximum atomic E-state index is 11.8. The van der Waals surface area contributed by atoms with Gasteiger partial charge in [-0.05, 0) is 48.5 Å². The van der Waals surface area contributed by atoms with Crippen LogP contribution in [0.1, 0.15) is 60.2 Å². The molecule has 0 unspecified atom stereocenters. The molecule has 0 fully saturated rings. The van der Waals surface area contributed by atoms with Crippen molar-refractivity contribution in [3.05, 3.63) is 18.2 Å². The molecule has 5 nitrogen and oxygen atoms in total. The zero-order valence-corrected chi connectivity index (χ0v) is 12.9. The predicted molar refractivity (Wildman–Crippen MR) is 75.0 cm³/mol. The van der Waals surface area contributed by atoms with Gasteiger partial charge in [-0.2, -0.15) is 0 Å². The summed E-state index contributed by atoms with van der Waals surface area (Å²) in [6.45, 7) is 13.7. The fourth-order valence-corrected chi connectivity index (χ4v) is 1.74. The summed E-state index contributed by atoms with van der Waals surface area (Å²) >= 11 is 0. The Bertz CT molecular complexity index is 438. The molecular weight excluding hydrogens is 242 g/mol. The number of hydrogen-bond donors (Lipinski definition) is 1. The number of nitrogens with zero attached hydrogens (tertiary/aromatic N) is 2. The summed E-state index contributed by atoms with van der Waals surface area (Å²) in [5, 5.41) is 2.83. The SMILES string of the molecule is C[C@@H](NC(=O)OC(C)(C)C)c1cncn1C(C)(C)C. The van der Waals surface area contributed by atoms with Crippen LogP contribution in [0.4, 0.5) is 4.79 Å². The van der Waals surface area contributed by atoms with Crippen LogP contribution in [0.3, 0.4) is 0 Å². The lowest BCUT2D eigenvalue weighted by molar-refractivity contribution is 0.0505. The van der Waals surface area contributed by atoms with Gasteiger partial charge in [-0.3, -0.25) is 0 Å². The number of alkyl carbamates (subject to hydrolysis) is 1. The number of nitrogens with one attached hydrogen (secondary N) is 1. The molecule has 1 amide bonds. The summed E-state index contributed by atoms with van der Waals surface area (Å²) in [7, 11) is 0. The van der Waals surface area contributed by atoms with Crippen molar-refractivity contribution in [2.75, 3.05) is 0 Å². The molecular formula is C14H25N3O2. The largest absolute Gasteiger partial charge is 0.444 e. The van der Waals surface area contributed by atoms with Gasteiger partial charge >= 0.3 is 6.09 Å². The molecule has 5 heteroatoms. The lowest BCUT2D eigenvalue weighted by Crippen LogP contribution is -2.35. The lowest BCUT2D eigenvalue weighted by atomic mass is 10.1. The van der Waals surface area contributed by atoms with E-state index in [0.717, 1.165) is 5.69 Å². The second kappa shape index (κ2) is 5.23. The van der Waals surface area contributed by atoms with Crippen LogP contribution in [0, 0.1) is 0 Å². The highest BCUT2D eigenvalue weighted by molar-refractivity contribution is 5.68. The second-order valence-electron chi connectivity index (χ2n) is 6.73. The zero-order chi connectivity index (χ0) is 14.8. The van der Waals surface area contributed by atoms with E-state index in [0.29, 0.717) is 0 Å². The Balaban J connectivity index is 2.77. The standard InChI is InChI=1S/C14H25N3O2/c1-10(16-12(18)19-14(5,6)7)11-8-15-9-17(11)13(2,3)4/h8-10H,1-7H3,(H,16,18)/t10-/m1/s1. The number of aromatic nitrogens is 2. The Kier molecular flexibility index (Phi) is 4.28. The van der Waals surface area contributed by atoms with Crippen molar-refractivity contribution in [2.45, 2.75) is 65.6 Å². The minimum Gasteiger partial charge on any atom is -0.444 e. The van der Waals surface area contributed by atoms with Crippen molar-refractivity contribution in [2.24, 2.45) is 0 Å². The highest BCUT2D eigenvalue weighted by Gasteiger charge is 2.23. The van der Waals surface area contributed by atoms with E-state index in [1.165, 1.54) is 0 Å². The van der Waals surface area contributed by atoms with Crippen LogP contribution < -0.4 is 5.32 Å². The Hall–Kier alpha value is -1.52. The van der Waals surface area contributed by atoms with E-state index in [2.05, 4.69) is 35.6 Å². The maximum absolute atomic E-state index is 11.8. The smallest absolute Gasteiger partial charge is 0.408 e. The average Bonchev–Trinajstić information content (AvgIpc) is 2.60. The van der Waals surface area contributed by atoms with E-state index in [4.69, 9.17) is 4.74 Å². The minimum absolute atomic E-state index is 0.0737. The summed E-state index contributed by atoms with van der Waals surface area (Å²) in [5.74, 6) is 0. The molecule has 1 atom stereocenters. The van der Waals surface area contributed by atoms with Crippen LogP contribution in [-0.4, -0.2) is 21.2 Å². The molecule has 1 N–H and O–H groups in total. The molecule has 0 aliphatic heterocycles. The van der Waals surface area contributed by atoms with Crippen molar-refractivity contribution in [1.29, 1.82) is 0 Å². The Morgan fingerprint density at radius 3 is 2.37 bits per heavy atom. The molecule has 1 rings (SSSR count). The van der Waals surface area contributed by atoms with Gasteiger partial charge in [0, 0.05) is 5.54 Å². The second-order valence-corrected chi connectivity index (χ2v) is 6.73. The average molecular weight is 267 g/mol. The van der Waals surface area contributed by atoms with Gasteiger partial charge in [-0.15, -0.1) is 0 Å². The first-order valence-electron chi connectivity index (χ1n) is 6.53. The molecule has 108 valence electrons. The zero-order valence-electron chi connectivity index (χ0n) is 12.9. The van der Waals surface area contributed by atoms with Gasteiger partial charge in [0.25, 0.3) is 0 Å². The first-order chi connectivity index (χ1) is 8.50. The van der Waals surface area contributed by atoms with Gasteiger partial charge in [0.15, 0.2) is 0 Å². The molecule has 0 saturated carbocycles. The number of amides is 1. The molecule has 0 radical (unpaired) electrons. The first-order valence-corrected chi connectivity index (χ1v) is 6.53. The van der Waals surface area contributed by atoms with Gasteiger partial charge in [-0.1, -0.05) is 0 Å². The van der Waals surface area contributed by atoms with E-state index in [-0.39, 0.29) is 11.6 Å². The Labute approximate surface area is 115 Å². The summed E-state index contributed by atoms with van der Waals surface area (Å²) < 4.78 is 7.30. The van der Waals surface area contributed by atoms with Gasteiger partial charge in [0.05, 0.1) is 24.3 Å². The van der Waals surface area contributed by atoms with Gasteiger partial charge in [0.2, 0.25) is 0 Å². The number of rotatable bonds is 2. The Morgan fingerprint density at radius 2 is 1.89 bits per heavy atom. The predicted octanol–water partition coefficient (Wildman–Crippen LogP) is 3.22. The molecule has 0 spiro atoms. The summed E-state index contributed by atoms with van der Waals surface area (Å²) in [4.78, 5) is 15.9. The van der Waals surface area contributed by atoms with Crippen LogP contribution in [0.25, 0.3) is 0 Å². The fraction of sp³-hybridized carbons (Fsp3) is 0.714. The minimum atomic E-state index is -0.492. The summed E-state index contributed by atoms with van der Waals surface area (Å²) in [5.41, 5.74) is 0.391. The molecule has 1 aromatic heterocycles. The van der Waals surface area contributed by atoms with Crippen LogP contribution in [0.2, 0.25) is 0 Å². The van der Waals surface area contributed by atoms with Crippen molar-refractivity contribution in [1.82, 2.24) is 14.9 Å². The van der Waals surface area contributed by atoms with Crippen molar-refractivity contribution >= 4 is 6.09 Å². The summed E-state index contributed by atoms with van der Waals surface area (Å²) in [6, 6.07) is -0.156. The number of carbonyl (C=O) groups excluding carboxylic acids is 1. The van der Waals surface area contributed by atoms with Crippen molar-refractivity contribution < 1.29 is 9.53 Å². The van der Waals surface area contributed by atoms with Gasteiger partial charge in [0.1, 0.15) is 5.60 Å². The van der Waals surface area contributed by atoms with Crippen molar-refractivity contribution in [3.8, 4) is 0 Å². The highest BCUT2D eigenvalue weighted by Crippen LogP contribution is 2.21. The van der Waals surface area contributed by atoms with Crippen molar-refractivity contribution in [3.63, 3.8) is 0 Å². The third kappa shape index (κ3) is 4.58. The number of imidazole rings is 1. The quantitative estimate of drug-likeness (QED) is 0.895. The number of ether oxygens (including phenoxy) is 1.